The second kappa shape index (κ2) is 3.79. The van der Waals surface area contributed by atoms with Crippen LogP contribution in [0.25, 0.3) is 0 Å². The topological polar surface area (TPSA) is 171 Å². The summed E-state index contributed by atoms with van der Waals surface area (Å²) in [7, 11) is 1.32. The van der Waals surface area contributed by atoms with Gasteiger partial charge in [0.25, 0.3) is 0 Å². The summed E-state index contributed by atoms with van der Waals surface area (Å²) < 4.78 is 0. The Morgan fingerprint density at radius 3 is 2.44 bits per heavy atom. The molecule has 0 saturated heterocycles. The van der Waals surface area contributed by atoms with E-state index < -0.39 is 27.0 Å². The molecule has 0 atom stereocenters. The molecule has 13 nitrogen and oxygen atoms in total. The third-order valence-electron chi connectivity index (χ3n) is 2.12. The molecule has 1 N–H and O–H groups in total. The fraction of sp³-hybridized carbons (Fsp3) is 0.400. The molecule has 0 amide bonds. The molecule has 2 heterocycles. The van der Waals surface area contributed by atoms with Crippen molar-refractivity contribution < 1.29 is 9.85 Å². The van der Waals surface area contributed by atoms with Crippen molar-refractivity contribution in [2.45, 2.75) is 5.66 Å². The first-order valence-electron chi connectivity index (χ1n) is 4.39. The normalized spacial score (nSPS) is 11.4. The number of tetrazole rings is 1. The Kier molecular flexibility index (Phi) is 2.42. The summed E-state index contributed by atoms with van der Waals surface area (Å²) in [5, 5.41) is 41.2. The summed E-state index contributed by atoms with van der Waals surface area (Å²) in [5.41, 5.74) is -3.47. The van der Waals surface area contributed by atoms with Gasteiger partial charge >= 0.3 is 11.5 Å². The van der Waals surface area contributed by atoms with E-state index in [4.69, 9.17) is 0 Å². The van der Waals surface area contributed by atoms with E-state index in [0.29, 0.717) is 0 Å². The molecule has 0 spiro atoms. The predicted octanol–water partition coefficient (Wildman–Crippen LogP) is -1.92. The molecule has 0 aliphatic carbocycles. The number of aromatic nitrogens is 7. The van der Waals surface area contributed by atoms with Gasteiger partial charge < -0.3 is 0 Å². The van der Waals surface area contributed by atoms with Gasteiger partial charge in [0.1, 0.15) is 9.85 Å². The quantitative estimate of drug-likeness (QED) is 0.371. The van der Waals surface area contributed by atoms with Crippen LogP contribution in [0.15, 0.2) is 6.20 Å². The van der Waals surface area contributed by atoms with Crippen molar-refractivity contribution in [2.75, 3.05) is 0 Å². The molecule has 0 fully saturated rings. The highest BCUT2D eigenvalue weighted by Crippen LogP contribution is 2.28. The highest BCUT2D eigenvalue weighted by atomic mass is 16.7. The number of H-pyrrole nitrogens is 1. The molecule has 0 aliphatic heterocycles. The van der Waals surface area contributed by atoms with Gasteiger partial charge in [-0.1, -0.05) is 5.10 Å². The Balaban J connectivity index is 2.73. The van der Waals surface area contributed by atoms with Crippen LogP contribution in [0.2, 0.25) is 0 Å². The lowest BCUT2D eigenvalue weighted by Gasteiger charge is -2.09. The zero-order chi connectivity index (χ0) is 13.3. The molecular formula is C5H5N9O4. The van der Waals surface area contributed by atoms with Gasteiger partial charge in [-0.25, -0.2) is 0 Å². The van der Waals surface area contributed by atoms with Crippen LogP contribution in [0.5, 0.6) is 0 Å². The number of hydrogen-bond donors (Lipinski definition) is 1. The summed E-state index contributed by atoms with van der Waals surface area (Å²) >= 11 is 0. The minimum Gasteiger partial charge on any atom is -0.258 e. The second-order valence-corrected chi connectivity index (χ2v) is 3.14. The maximum atomic E-state index is 11.1. The van der Waals surface area contributed by atoms with E-state index in [2.05, 4.69) is 25.6 Å². The highest BCUT2D eigenvalue weighted by Gasteiger charge is 2.67. The largest absolute Gasteiger partial charge is 0.566 e. The van der Waals surface area contributed by atoms with E-state index in [9.17, 15) is 20.2 Å². The SMILES string of the molecule is Cn1nnc(C(c2cn[nH]n2)([N+](=O)[O-])[N+](=O)[O-])n1. The van der Waals surface area contributed by atoms with Gasteiger partial charge in [-0.2, -0.15) is 15.1 Å². The molecule has 2 aromatic heterocycles. The van der Waals surface area contributed by atoms with Crippen LogP contribution in [0.1, 0.15) is 11.5 Å². The van der Waals surface area contributed by atoms with Gasteiger partial charge in [-0.05, 0) is 5.21 Å². The standard InChI is InChI=1S/C5H5N9O4/c1-12-9-4(8-11-12)5(13(15)16,14(17)18)3-2-6-10-7-3/h2H,1H3,(H,6,7,10). The van der Waals surface area contributed by atoms with Crippen molar-refractivity contribution >= 4 is 0 Å². The van der Waals surface area contributed by atoms with Crippen LogP contribution >= 0.6 is 0 Å². The minimum atomic E-state index is -2.93. The molecule has 0 aromatic carbocycles. The molecule has 2 rings (SSSR count). The van der Waals surface area contributed by atoms with Crippen LogP contribution < -0.4 is 0 Å². The minimum absolute atomic E-state index is 0.537. The molecule has 18 heavy (non-hydrogen) atoms. The number of nitro groups is 2. The van der Waals surface area contributed by atoms with Crippen molar-refractivity contribution in [3.8, 4) is 0 Å². The molecule has 94 valence electrons. The molecule has 2 aromatic rings. The van der Waals surface area contributed by atoms with Crippen LogP contribution in [0, 0.1) is 20.2 Å². The van der Waals surface area contributed by atoms with Crippen LogP contribution in [-0.4, -0.2) is 45.5 Å². The maximum absolute atomic E-state index is 11.1. The average Bonchev–Trinajstić information content (AvgIpc) is 2.90. The van der Waals surface area contributed by atoms with Crippen LogP contribution in [0.4, 0.5) is 0 Å². The van der Waals surface area contributed by atoms with E-state index in [1.54, 1.807) is 0 Å². The van der Waals surface area contributed by atoms with Crippen molar-refractivity contribution in [3.05, 3.63) is 37.9 Å². The number of hydrogen-bond acceptors (Lipinski definition) is 9. The number of nitrogens with zero attached hydrogens (tertiary/aromatic N) is 8. The lowest BCUT2D eigenvalue weighted by atomic mass is 10.1. The predicted molar refractivity (Wildman–Crippen MR) is 49.9 cm³/mol. The first-order valence-corrected chi connectivity index (χ1v) is 4.39. The van der Waals surface area contributed by atoms with E-state index in [0.717, 1.165) is 11.0 Å². The zero-order valence-electron chi connectivity index (χ0n) is 8.79. The molecule has 13 heteroatoms. The Hall–Kier alpha value is -2.99. The maximum Gasteiger partial charge on any atom is 0.566 e. The van der Waals surface area contributed by atoms with Gasteiger partial charge in [0.05, 0.1) is 13.2 Å². The Bertz CT molecular complexity index is 574. The number of nitrogens with one attached hydrogen (secondary N) is 1. The summed E-state index contributed by atoms with van der Waals surface area (Å²) in [6.07, 6.45) is 0.863. The Labute approximate surface area is 97.1 Å². The summed E-state index contributed by atoms with van der Waals surface area (Å²) in [4.78, 5) is 20.8. The highest BCUT2D eigenvalue weighted by molar-refractivity contribution is 5.12. The van der Waals surface area contributed by atoms with Gasteiger partial charge in [0.2, 0.25) is 5.69 Å². The summed E-state index contributed by atoms with van der Waals surface area (Å²) in [6.45, 7) is 0. The van der Waals surface area contributed by atoms with E-state index in [1.807, 2.05) is 5.21 Å². The van der Waals surface area contributed by atoms with Gasteiger partial charge in [0.15, 0.2) is 0 Å². The molecule has 0 aliphatic rings. The van der Waals surface area contributed by atoms with E-state index in [-0.39, 0.29) is 0 Å². The molecule has 0 bridgehead atoms. The third-order valence-corrected chi connectivity index (χ3v) is 2.12. The third kappa shape index (κ3) is 1.37. The van der Waals surface area contributed by atoms with Gasteiger partial charge in [-0.3, -0.25) is 20.2 Å². The fourth-order valence-corrected chi connectivity index (χ4v) is 1.32. The first-order chi connectivity index (χ1) is 8.49. The number of rotatable bonds is 4. The van der Waals surface area contributed by atoms with Crippen molar-refractivity contribution in [1.29, 1.82) is 0 Å². The fourth-order valence-electron chi connectivity index (χ4n) is 1.32. The van der Waals surface area contributed by atoms with Crippen molar-refractivity contribution in [2.24, 2.45) is 7.05 Å². The number of aryl methyl sites for hydroxylation is 1. The molecule has 0 radical (unpaired) electrons. The lowest BCUT2D eigenvalue weighted by molar-refractivity contribution is -0.798. The monoisotopic (exact) mass is 255 g/mol. The molecular weight excluding hydrogens is 250 g/mol. The zero-order valence-corrected chi connectivity index (χ0v) is 8.79. The smallest absolute Gasteiger partial charge is 0.258 e. The average molecular weight is 255 g/mol. The Morgan fingerprint density at radius 2 is 2.06 bits per heavy atom. The Morgan fingerprint density at radius 1 is 1.39 bits per heavy atom. The molecule has 0 saturated carbocycles. The number of aromatic amines is 1. The van der Waals surface area contributed by atoms with Crippen molar-refractivity contribution in [1.82, 2.24) is 35.6 Å². The summed E-state index contributed by atoms with van der Waals surface area (Å²) in [6, 6.07) is 0. The van der Waals surface area contributed by atoms with Crippen LogP contribution in [-0.2, 0) is 12.7 Å². The molecule has 0 unspecified atom stereocenters. The second-order valence-electron chi connectivity index (χ2n) is 3.14. The summed E-state index contributed by atoms with van der Waals surface area (Å²) in [5.74, 6) is -0.700. The lowest BCUT2D eigenvalue weighted by Crippen LogP contribution is -2.46. The first kappa shape index (κ1) is 11.5. The van der Waals surface area contributed by atoms with Crippen molar-refractivity contribution in [3.63, 3.8) is 0 Å². The van der Waals surface area contributed by atoms with Gasteiger partial charge in [0, 0.05) is 0 Å². The van der Waals surface area contributed by atoms with Gasteiger partial charge in [-0.15, -0.1) is 10.2 Å². The van der Waals surface area contributed by atoms with E-state index >= 15 is 0 Å². The van der Waals surface area contributed by atoms with E-state index in [1.165, 1.54) is 7.05 Å². The van der Waals surface area contributed by atoms with Crippen LogP contribution in [0.3, 0.4) is 0 Å².